The van der Waals surface area contributed by atoms with Crippen LogP contribution in [0.4, 0.5) is 0 Å². The Labute approximate surface area is 128 Å². The highest BCUT2D eigenvalue weighted by atomic mass is 32.2. The molecule has 0 heterocycles. The van der Waals surface area contributed by atoms with Crippen LogP contribution >= 0.6 is 0 Å². The molecule has 0 radical (unpaired) electrons. The topological polar surface area (TPSA) is 69.4 Å². The van der Waals surface area contributed by atoms with E-state index in [1.165, 1.54) is 0 Å². The van der Waals surface area contributed by atoms with Crippen LogP contribution in [0.1, 0.15) is 45.7 Å². The van der Waals surface area contributed by atoms with Gasteiger partial charge in [0.15, 0.2) is 9.84 Å². The van der Waals surface area contributed by atoms with Gasteiger partial charge < -0.3 is 10.5 Å². The van der Waals surface area contributed by atoms with Crippen LogP contribution in [0, 0.1) is 5.92 Å². The summed E-state index contributed by atoms with van der Waals surface area (Å²) in [5.74, 6) is 1.34. The van der Waals surface area contributed by atoms with E-state index in [2.05, 4.69) is 0 Å². The molecule has 1 unspecified atom stereocenters. The molecule has 21 heavy (non-hydrogen) atoms. The lowest BCUT2D eigenvalue weighted by atomic mass is 10.1. The van der Waals surface area contributed by atoms with E-state index >= 15 is 0 Å². The summed E-state index contributed by atoms with van der Waals surface area (Å²) in [6.45, 7) is 7.95. The Kier molecular flexibility index (Phi) is 6.68. The third-order valence-electron chi connectivity index (χ3n) is 3.12. The zero-order chi connectivity index (χ0) is 16.0. The maximum Gasteiger partial charge on any atom is 0.152 e. The van der Waals surface area contributed by atoms with Gasteiger partial charge in [-0.3, -0.25) is 0 Å². The molecule has 0 amide bonds. The molecule has 120 valence electrons. The normalized spacial score (nSPS) is 13.7. The highest BCUT2D eigenvalue weighted by molar-refractivity contribution is 7.91. The van der Waals surface area contributed by atoms with Crippen molar-refractivity contribution in [2.24, 2.45) is 11.7 Å². The molecule has 0 spiro atoms. The van der Waals surface area contributed by atoms with E-state index in [1.807, 2.05) is 52.0 Å². The van der Waals surface area contributed by atoms with E-state index in [1.54, 1.807) is 0 Å². The van der Waals surface area contributed by atoms with Crippen molar-refractivity contribution >= 4 is 9.84 Å². The predicted octanol–water partition coefficient (Wildman–Crippen LogP) is 2.93. The van der Waals surface area contributed by atoms with Crippen LogP contribution in [0.25, 0.3) is 0 Å². The number of benzene rings is 1. The molecule has 0 aliphatic carbocycles. The van der Waals surface area contributed by atoms with E-state index in [9.17, 15) is 8.42 Å². The Hall–Kier alpha value is -1.07. The molecule has 1 aromatic carbocycles. The van der Waals surface area contributed by atoms with Crippen molar-refractivity contribution in [3.05, 3.63) is 29.8 Å². The van der Waals surface area contributed by atoms with Crippen LogP contribution in [0.15, 0.2) is 24.3 Å². The summed E-state index contributed by atoms with van der Waals surface area (Å²) in [6, 6.07) is 6.84. The third kappa shape index (κ3) is 6.96. The quantitative estimate of drug-likeness (QED) is 0.801. The maximum absolute atomic E-state index is 12.0. The fourth-order valence-electron chi connectivity index (χ4n) is 1.93. The predicted molar refractivity (Wildman–Crippen MR) is 87.2 cm³/mol. The molecular formula is C16H27NO3S. The smallest absolute Gasteiger partial charge is 0.152 e. The molecule has 0 aliphatic rings. The van der Waals surface area contributed by atoms with Crippen LogP contribution in [0.2, 0.25) is 0 Å². The van der Waals surface area contributed by atoms with E-state index in [4.69, 9.17) is 10.5 Å². The zero-order valence-corrected chi connectivity index (χ0v) is 14.2. The Morgan fingerprint density at radius 2 is 1.67 bits per heavy atom. The van der Waals surface area contributed by atoms with Crippen LogP contribution in [0.3, 0.4) is 0 Å². The van der Waals surface area contributed by atoms with Crippen LogP contribution in [-0.4, -0.2) is 26.0 Å². The molecule has 1 aromatic rings. The molecule has 0 fully saturated rings. The van der Waals surface area contributed by atoms with Gasteiger partial charge in [0.2, 0.25) is 0 Å². The average Bonchev–Trinajstić information content (AvgIpc) is 2.36. The van der Waals surface area contributed by atoms with Gasteiger partial charge in [0.05, 0.1) is 17.6 Å². The highest BCUT2D eigenvalue weighted by Gasteiger charge is 2.18. The minimum atomic E-state index is -3.11. The van der Waals surface area contributed by atoms with Crippen molar-refractivity contribution < 1.29 is 13.2 Å². The summed E-state index contributed by atoms with van der Waals surface area (Å²) in [4.78, 5) is 0. The number of hydrogen-bond acceptors (Lipinski definition) is 4. The van der Waals surface area contributed by atoms with E-state index < -0.39 is 15.9 Å². The van der Waals surface area contributed by atoms with Crippen molar-refractivity contribution in [3.63, 3.8) is 0 Å². The number of nitrogens with two attached hydrogens (primary N) is 1. The van der Waals surface area contributed by atoms with Gasteiger partial charge in [0, 0.05) is 6.04 Å². The molecule has 5 heteroatoms. The molecule has 0 saturated carbocycles. The van der Waals surface area contributed by atoms with E-state index in [-0.39, 0.29) is 17.6 Å². The number of ether oxygens (including phenoxy) is 1. The summed E-state index contributed by atoms with van der Waals surface area (Å²) in [5, 5.41) is 0. The number of rotatable bonds is 8. The van der Waals surface area contributed by atoms with Crippen LogP contribution < -0.4 is 10.5 Å². The number of sulfone groups is 1. The Morgan fingerprint density at radius 3 is 2.14 bits per heavy atom. The van der Waals surface area contributed by atoms with Crippen LogP contribution in [0.5, 0.6) is 5.75 Å². The molecule has 0 aromatic heterocycles. The van der Waals surface area contributed by atoms with Gasteiger partial charge in [0.25, 0.3) is 0 Å². The molecular weight excluding hydrogens is 286 g/mol. The lowest BCUT2D eigenvalue weighted by molar-refractivity contribution is 0.242. The largest absolute Gasteiger partial charge is 0.491 e. The highest BCUT2D eigenvalue weighted by Crippen LogP contribution is 2.19. The average molecular weight is 313 g/mol. The van der Waals surface area contributed by atoms with Gasteiger partial charge in [-0.1, -0.05) is 26.0 Å². The standard InChI is InChI=1S/C16H27NO3S/c1-12(2)9-10-21(18,19)11-16(17)14-5-7-15(8-6-14)20-13(3)4/h5-8,12-13,16H,9-11,17H2,1-4H3. The van der Waals surface area contributed by atoms with Crippen molar-refractivity contribution in [1.82, 2.24) is 0 Å². The van der Waals surface area contributed by atoms with Crippen molar-refractivity contribution in [3.8, 4) is 5.75 Å². The Morgan fingerprint density at radius 1 is 1.10 bits per heavy atom. The first kappa shape index (κ1) is 18.0. The third-order valence-corrected chi connectivity index (χ3v) is 4.84. The SMILES string of the molecule is CC(C)CCS(=O)(=O)CC(N)c1ccc(OC(C)C)cc1. The second-order valence-electron chi connectivity index (χ2n) is 6.14. The summed E-state index contributed by atoms with van der Waals surface area (Å²) < 4.78 is 29.6. The Bertz CT molecular complexity index is 521. The summed E-state index contributed by atoms with van der Waals surface area (Å²) >= 11 is 0. The molecule has 0 saturated heterocycles. The van der Waals surface area contributed by atoms with Crippen molar-refractivity contribution in [2.75, 3.05) is 11.5 Å². The lowest BCUT2D eigenvalue weighted by Gasteiger charge is -2.15. The molecule has 4 nitrogen and oxygen atoms in total. The molecule has 1 rings (SSSR count). The fraction of sp³-hybridized carbons (Fsp3) is 0.625. The van der Waals surface area contributed by atoms with Gasteiger partial charge in [-0.2, -0.15) is 0 Å². The first-order chi connectivity index (χ1) is 9.69. The van der Waals surface area contributed by atoms with Gasteiger partial charge in [-0.25, -0.2) is 8.42 Å². The Balaban J connectivity index is 2.64. The van der Waals surface area contributed by atoms with E-state index in [0.29, 0.717) is 12.3 Å². The first-order valence-electron chi connectivity index (χ1n) is 7.42. The zero-order valence-electron chi connectivity index (χ0n) is 13.4. The molecule has 0 bridgehead atoms. The van der Waals surface area contributed by atoms with Crippen molar-refractivity contribution in [2.45, 2.75) is 46.3 Å². The number of hydrogen-bond donors (Lipinski definition) is 1. The monoisotopic (exact) mass is 313 g/mol. The van der Waals surface area contributed by atoms with Gasteiger partial charge in [-0.15, -0.1) is 0 Å². The fourth-order valence-corrected chi connectivity index (χ4v) is 3.67. The second-order valence-corrected chi connectivity index (χ2v) is 8.37. The van der Waals surface area contributed by atoms with E-state index in [0.717, 1.165) is 11.3 Å². The van der Waals surface area contributed by atoms with Crippen molar-refractivity contribution in [1.29, 1.82) is 0 Å². The molecule has 1 atom stereocenters. The lowest BCUT2D eigenvalue weighted by Crippen LogP contribution is -2.24. The van der Waals surface area contributed by atoms with Gasteiger partial charge in [0.1, 0.15) is 5.75 Å². The van der Waals surface area contributed by atoms with Gasteiger partial charge in [-0.05, 0) is 43.9 Å². The van der Waals surface area contributed by atoms with Gasteiger partial charge >= 0.3 is 0 Å². The minimum absolute atomic E-state index is 0.00982. The molecule has 2 N–H and O–H groups in total. The van der Waals surface area contributed by atoms with Crippen LogP contribution in [-0.2, 0) is 9.84 Å². The summed E-state index contributed by atoms with van der Waals surface area (Å²) in [5.41, 5.74) is 6.84. The maximum atomic E-state index is 12.0. The minimum Gasteiger partial charge on any atom is -0.491 e. The molecule has 0 aliphatic heterocycles. The second kappa shape index (κ2) is 7.80. The summed E-state index contributed by atoms with van der Waals surface area (Å²) in [6.07, 6.45) is 0.789. The summed E-state index contributed by atoms with van der Waals surface area (Å²) in [7, 11) is -3.11. The first-order valence-corrected chi connectivity index (χ1v) is 9.24.